The van der Waals surface area contributed by atoms with E-state index < -0.39 is 0 Å². The molecule has 0 bridgehead atoms. The van der Waals surface area contributed by atoms with Gasteiger partial charge in [0.1, 0.15) is 5.69 Å². The largest absolute Gasteiger partial charge is 0.255 e. The van der Waals surface area contributed by atoms with Crippen LogP contribution in [0.5, 0.6) is 0 Å². The van der Waals surface area contributed by atoms with E-state index in [4.69, 9.17) is 23.2 Å². The lowest BCUT2D eigenvalue weighted by molar-refractivity contribution is 1.15. The number of hydrogen-bond acceptors (Lipinski definition) is 1. The monoisotopic (exact) mass is 229 g/mol. The number of halogens is 2. The molecule has 0 spiro atoms. The van der Waals surface area contributed by atoms with Crippen molar-refractivity contribution >= 4 is 34.6 Å². The molecule has 0 atom stereocenters. The smallest absolute Gasteiger partial charge is 0.100 e. The first kappa shape index (κ1) is 11.5. The zero-order chi connectivity index (χ0) is 10.6. The molecule has 76 valence electrons. The predicted molar refractivity (Wildman–Crippen MR) is 64.1 cm³/mol. The molecular weight excluding hydrogens is 217 g/mol. The fourth-order valence-corrected chi connectivity index (χ4v) is 1.64. The van der Waals surface area contributed by atoms with Crippen molar-refractivity contribution in [3.8, 4) is 0 Å². The van der Waals surface area contributed by atoms with Crippen LogP contribution in [0.15, 0.2) is 23.2 Å². The summed E-state index contributed by atoms with van der Waals surface area (Å²) < 4.78 is 0. The molecule has 0 heterocycles. The van der Waals surface area contributed by atoms with Crippen molar-refractivity contribution in [2.45, 2.75) is 26.7 Å². The average molecular weight is 230 g/mol. The van der Waals surface area contributed by atoms with Crippen LogP contribution >= 0.6 is 23.2 Å². The van der Waals surface area contributed by atoms with E-state index in [2.05, 4.69) is 18.8 Å². The van der Waals surface area contributed by atoms with Gasteiger partial charge in [-0.15, -0.1) is 0 Å². The number of rotatable bonds is 3. The summed E-state index contributed by atoms with van der Waals surface area (Å²) in [6, 6.07) is 5.42. The van der Waals surface area contributed by atoms with E-state index in [0.29, 0.717) is 15.7 Å². The Kier molecular flexibility index (Phi) is 4.43. The minimum Gasteiger partial charge on any atom is -0.255 e. The van der Waals surface area contributed by atoms with Crippen LogP contribution in [0.25, 0.3) is 0 Å². The lowest BCUT2D eigenvalue weighted by Gasteiger charge is -2.03. The Morgan fingerprint density at radius 2 is 1.64 bits per heavy atom. The number of benzene rings is 1. The van der Waals surface area contributed by atoms with Gasteiger partial charge in [0.25, 0.3) is 0 Å². The van der Waals surface area contributed by atoms with E-state index in [1.54, 1.807) is 12.1 Å². The third-order valence-electron chi connectivity index (χ3n) is 2.02. The lowest BCUT2D eigenvalue weighted by Crippen LogP contribution is -1.91. The first-order valence-corrected chi connectivity index (χ1v) is 5.45. The first-order chi connectivity index (χ1) is 6.69. The molecule has 3 heteroatoms. The van der Waals surface area contributed by atoms with Gasteiger partial charge in [-0.1, -0.05) is 43.1 Å². The summed E-state index contributed by atoms with van der Waals surface area (Å²) in [4.78, 5) is 4.45. The van der Waals surface area contributed by atoms with E-state index in [-0.39, 0.29) is 0 Å². The molecule has 0 radical (unpaired) electrons. The van der Waals surface area contributed by atoms with Crippen molar-refractivity contribution in [2.75, 3.05) is 0 Å². The zero-order valence-electron chi connectivity index (χ0n) is 8.35. The van der Waals surface area contributed by atoms with Crippen molar-refractivity contribution < 1.29 is 0 Å². The third-order valence-corrected chi connectivity index (χ3v) is 2.63. The highest BCUT2D eigenvalue weighted by Gasteiger charge is 2.04. The highest BCUT2D eigenvalue weighted by atomic mass is 35.5. The van der Waals surface area contributed by atoms with Crippen molar-refractivity contribution in [1.82, 2.24) is 0 Å². The van der Waals surface area contributed by atoms with Crippen LogP contribution in [-0.4, -0.2) is 5.71 Å². The lowest BCUT2D eigenvalue weighted by atomic mass is 10.2. The molecule has 0 saturated carbocycles. The standard InChI is InChI=1S/C11H13Cl2N/c1-3-8(4-2)14-11-9(12)6-5-7-10(11)13/h5-7H,3-4H2,1-2H3. The summed E-state index contributed by atoms with van der Waals surface area (Å²) >= 11 is 12.0. The topological polar surface area (TPSA) is 12.4 Å². The maximum absolute atomic E-state index is 6.00. The van der Waals surface area contributed by atoms with Crippen LogP contribution in [0.4, 0.5) is 5.69 Å². The zero-order valence-corrected chi connectivity index (χ0v) is 9.86. The van der Waals surface area contributed by atoms with Gasteiger partial charge >= 0.3 is 0 Å². The Morgan fingerprint density at radius 3 is 2.07 bits per heavy atom. The van der Waals surface area contributed by atoms with Crippen LogP contribution < -0.4 is 0 Å². The minimum atomic E-state index is 0.608. The normalized spacial score (nSPS) is 10.0. The fourth-order valence-electron chi connectivity index (χ4n) is 1.16. The summed E-state index contributed by atoms with van der Waals surface area (Å²) in [5, 5.41) is 1.22. The summed E-state index contributed by atoms with van der Waals surface area (Å²) in [7, 11) is 0. The molecule has 0 unspecified atom stereocenters. The summed E-state index contributed by atoms with van der Waals surface area (Å²) in [6.45, 7) is 4.15. The van der Waals surface area contributed by atoms with E-state index in [0.717, 1.165) is 18.6 Å². The average Bonchev–Trinajstić information content (AvgIpc) is 2.18. The van der Waals surface area contributed by atoms with E-state index >= 15 is 0 Å². The number of hydrogen-bond donors (Lipinski definition) is 0. The highest BCUT2D eigenvalue weighted by Crippen LogP contribution is 2.33. The molecule has 0 aliphatic rings. The second-order valence-corrected chi connectivity index (χ2v) is 3.77. The van der Waals surface area contributed by atoms with Crippen LogP contribution in [0, 0.1) is 0 Å². The van der Waals surface area contributed by atoms with Crippen molar-refractivity contribution in [1.29, 1.82) is 0 Å². The molecule has 1 rings (SSSR count). The van der Waals surface area contributed by atoms with Gasteiger partial charge in [0.15, 0.2) is 0 Å². The van der Waals surface area contributed by atoms with Crippen LogP contribution in [0.2, 0.25) is 10.0 Å². The second-order valence-electron chi connectivity index (χ2n) is 2.96. The molecule has 1 aromatic rings. The summed E-state index contributed by atoms with van der Waals surface area (Å²) in [5.41, 5.74) is 1.80. The SMILES string of the molecule is CCC(CC)=Nc1c(Cl)cccc1Cl. The Morgan fingerprint density at radius 1 is 1.14 bits per heavy atom. The molecule has 0 aliphatic heterocycles. The van der Waals surface area contributed by atoms with Crippen LogP contribution in [0.1, 0.15) is 26.7 Å². The molecule has 1 nitrogen and oxygen atoms in total. The Labute approximate surface area is 94.8 Å². The molecule has 14 heavy (non-hydrogen) atoms. The van der Waals surface area contributed by atoms with Crippen LogP contribution in [0.3, 0.4) is 0 Å². The summed E-state index contributed by atoms with van der Waals surface area (Å²) in [6.07, 6.45) is 1.86. The number of para-hydroxylation sites is 1. The molecule has 0 aromatic heterocycles. The Balaban J connectivity index is 3.12. The third kappa shape index (κ3) is 2.73. The van der Waals surface area contributed by atoms with Gasteiger partial charge in [0.2, 0.25) is 0 Å². The maximum atomic E-state index is 6.00. The van der Waals surface area contributed by atoms with Gasteiger partial charge in [0, 0.05) is 5.71 Å². The molecule has 1 aromatic carbocycles. The maximum Gasteiger partial charge on any atom is 0.100 e. The van der Waals surface area contributed by atoms with Gasteiger partial charge in [-0.05, 0) is 25.0 Å². The highest BCUT2D eigenvalue weighted by molar-refractivity contribution is 6.38. The molecule has 0 N–H and O–H groups in total. The van der Waals surface area contributed by atoms with Gasteiger partial charge in [-0.3, -0.25) is 4.99 Å². The van der Waals surface area contributed by atoms with Gasteiger partial charge in [-0.2, -0.15) is 0 Å². The van der Waals surface area contributed by atoms with Crippen molar-refractivity contribution in [3.05, 3.63) is 28.2 Å². The second kappa shape index (κ2) is 5.38. The molecular formula is C11H13Cl2N. The Hall–Kier alpha value is -0.530. The quantitative estimate of drug-likeness (QED) is 0.655. The predicted octanol–water partition coefficient (Wildman–Crippen LogP) is 4.89. The van der Waals surface area contributed by atoms with E-state index in [9.17, 15) is 0 Å². The summed E-state index contributed by atoms with van der Waals surface area (Å²) in [5.74, 6) is 0. The molecule has 0 fully saturated rings. The molecule has 0 amide bonds. The fraction of sp³-hybridized carbons (Fsp3) is 0.364. The van der Waals surface area contributed by atoms with Gasteiger partial charge in [0.05, 0.1) is 10.0 Å². The molecule has 0 saturated heterocycles. The van der Waals surface area contributed by atoms with Crippen molar-refractivity contribution in [2.24, 2.45) is 4.99 Å². The van der Waals surface area contributed by atoms with Crippen molar-refractivity contribution in [3.63, 3.8) is 0 Å². The molecule has 0 aliphatic carbocycles. The minimum absolute atomic E-state index is 0.608. The number of aliphatic imine (C=N–C) groups is 1. The number of nitrogens with zero attached hydrogens (tertiary/aromatic N) is 1. The van der Waals surface area contributed by atoms with E-state index in [1.807, 2.05) is 6.07 Å². The van der Waals surface area contributed by atoms with Gasteiger partial charge in [-0.25, -0.2) is 0 Å². The first-order valence-electron chi connectivity index (χ1n) is 4.69. The van der Waals surface area contributed by atoms with Gasteiger partial charge < -0.3 is 0 Å². The van der Waals surface area contributed by atoms with E-state index in [1.165, 1.54) is 0 Å². The van der Waals surface area contributed by atoms with Crippen LogP contribution in [-0.2, 0) is 0 Å². The Bertz CT molecular complexity index is 319.